The first-order chi connectivity index (χ1) is 10.2. The maximum Gasteiger partial charge on any atom is 0.220 e. The number of benzene rings is 1. The van der Waals surface area contributed by atoms with Crippen molar-refractivity contribution in [3.05, 3.63) is 34.9 Å². The van der Waals surface area contributed by atoms with Gasteiger partial charge >= 0.3 is 0 Å². The second-order valence-corrected chi connectivity index (χ2v) is 6.17. The number of hydrogen-bond donors (Lipinski definition) is 2. The summed E-state index contributed by atoms with van der Waals surface area (Å²) in [5.41, 5.74) is 3.91. The minimum atomic E-state index is 0.122. The summed E-state index contributed by atoms with van der Waals surface area (Å²) in [6.45, 7) is 4.62. The highest BCUT2D eigenvalue weighted by Crippen LogP contribution is 2.22. The lowest BCUT2D eigenvalue weighted by Crippen LogP contribution is -2.24. The highest BCUT2D eigenvalue weighted by molar-refractivity contribution is 5.75. The van der Waals surface area contributed by atoms with Crippen molar-refractivity contribution >= 4 is 5.91 Å². The molecular weight excluding hydrogens is 264 g/mol. The minimum Gasteiger partial charge on any atom is -0.375 e. The SMILES string of the molecule is CC1CCC(CCC(=O)NCc2ccc3c(c2)CNC3)O1. The summed E-state index contributed by atoms with van der Waals surface area (Å²) in [4.78, 5) is 11.9. The lowest BCUT2D eigenvalue weighted by atomic mass is 10.1. The lowest BCUT2D eigenvalue weighted by molar-refractivity contribution is -0.122. The molecule has 4 nitrogen and oxygen atoms in total. The van der Waals surface area contributed by atoms with Crippen LogP contribution in [0.5, 0.6) is 0 Å². The Bertz CT molecular complexity index is 516. The van der Waals surface area contributed by atoms with Crippen molar-refractivity contribution in [3.63, 3.8) is 0 Å². The molecule has 1 saturated heterocycles. The van der Waals surface area contributed by atoms with Gasteiger partial charge in [0.15, 0.2) is 0 Å². The van der Waals surface area contributed by atoms with E-state index in [-0.39, 0.29) is 12.0 Å². The fourth-order valence-electron chi connectivity index (χ4n) is 3.14. The third kappa shape index (κ3) is 3.83. The molecule has 4 heteroatoms. The van der Waals surface area contributed by atoms with Gasteiger partial charge < -0.3 is 15.4 Å². The molecule has 2 unspecified atom stereocenters. The predicted molar refractivity (Wildman–Crippen MR) is 81.6 cm³/mol. The van der Waals surface area contributed by atoms with Gasteiger partial charge in [0.25, 0.3) is 0 Å². The number of rotatable bonds is 5. The number of nitrogens with one attached hydrogen (secondary N) is 2. The fraction of sp³-hybridized carbons (Fsp3) is 0.588. The van der Waals surface area contributed by atoms with E-state index in [0.717, 1.165) is 32.4 Å². The average Bonchev–Trinajstić information content (AvgIpc) is 3.10. The standard InChI is InChI=1S/C17H24N2O2/c1-12-2-5-16(21-12)6-7-17(20)19-9-13-3-4-14-10-18-11-15(14)8-13/h3-4,8,12,16,18H,2,5-7,9-11H2,1H3,(H,19,20). The van der Waals surface area contributed by atoms with E-state index in [1.54, 1.807) is 0 Å². The van der Waals surface area contributed by atoms with E-state index in [1.807, 2.05) is 0 Å². The minimum absolute atomic E-state index is 0.122. The molecule has 0 radical (unpaired) electrons. The molecule has 2 heterocycles. The molecule has 0 bridgehead atoms. The van der Waals surface area contributed by atoms with Crippen LogP contribution in [0.15, 0.2) is 18.2 Å². The molecule has 1 amide bonds. The third-order valence-corrected chi connectivity index (χ3v) is 4.40. The molecular formula is C17H24N2O2. The van der Waals surface area contributed by atoms with Gasteiger partial charge in [-0.2, -0.15) is 0 Å². The van der Waals surface area contributed by atoms with Crippen LogP contribution in [-0.2, 0) is 29.2 Å². The predicted octanol–water partition coefficient (Wildman–Crippen LogP) is 2.25. The molecule has 21 heavy (non-hydrogen) atoms. The van der Waals surface area contributed by atoms with Crippen LogP contribution in [0.3, 0.4) is 0 Å². The van der Waals surface area contributed by atoms with Gasteiger partial charge in [-0.3, -0.25) is 4.79 Å². The largest absolute Gasteiger partial charge is 0.375 e. The number of carbonyl (C=O) groups is 1. The highest BCUT2D eigenvalue weighted by Gasteiger charge is 2.22. The molecule has 2 N–H and O–H groups in total. The van der Waals surface area contributed by atoms with Crippen LogP contribution in [0, 0.1) is 0 Å². The van der Waals surface area contributed by atoms with Crippen LogP contribution in [0.1, 0.15) is 49.3 Å². The normalized spacial score (nSPS) is 24.0. The highest BCUT2D eigenvalue weighted by atomic mass is 16.5. The molecule has 114 valence electrons. The van der Waals surface area contributed by atoms with E-state index in [1.165, 1.54) is 16.7 Å². The second kappa shape index (κ2) is 6.58. The Kier molecular flexibility index (Phi) is 4.56. The zero-order chi connectivity index (χ0) is 14.7. The number of ether oxygens (including phenoxy) is 1. The molecule has 0 aliphatic carbocycles. The summed E-state index contributed by atoms with van der Waals surface area (Å²) in [5.74, 6) is 0.122. The Balaban J connectivity index is 1.41. The van der Waals surface area contributed by atoms with Crippen molar-refractivity contribution in [1.29, 1.82) is 0 Å². The first kappa shape index (κ1) is 14.5. The number of carbonyl (C=O) groups excluding carboxylic acids is 1. The van der Waals surface area contributed by atoms with Crippen LogP contribution in [-0.4, -0.2) is 18.1 Å². The third-order valence-electron chi connectivity index (χ3n) is 4.40. The second-order valence-electron chi connectivity index (χ2n) is 6.17. The molecule has 1 fully saturated rings. The summed E-state index contributed by atoms with van der Waals surface area (Å²) >= 11 is 0. The van der Waals surface area contributed by atoms with Gasteiger partial charge in [0, 0.05) is 26.1 Å². The quantitative estimate of drug-likeness (QED) is 0.874. The molecule has 3 rings (SSSR count). The van der Waals surface area contributed by atoms with Gasteiger partial charge in [-0.05, 0) is 42.9 Å². The van der Waals surface area contributed by atoms with Crippen LogP contribution in [0.2, 0.25) is 0 Å². The van der Waals surface area contributed by atoms with E-state index in [9.17, 15) is 4.79 Å². The zero-order valence-electron chi connectivity index (χ0n) is 12.7. The van der Waals surface area contributed by atoms with E-state index >= 15 is 0 Å². The summed E-state index contributed by atoms with van der Waals surface area (Å²) < 4.78 is 5.74. The maximum atomic E-state index is 11.9. The molecule has 0 saturated carbocycles. The van der Waals surface area contributed by atoms with Gasteiger partial charge in [0.2, 0.25) is 5.91 Å². The first-order valence-electron chi connectivity index (χ1n) is 7.94. The monoisotopic (exact) mass is 288 g/mol. The van der Waals surface area contributed by atoms with Crippen molar-refractivity contribution in [1.82, 2.24) is 10.6 Å². The first-order valence-corrected chi connectivity index (χ1v) is 7.94. The number of hydrogen-bond acceptors (Lipinski definition) is 3. The van der Waals surface area contributed by atoms with Gasteiger partial charge in [0.05, 0.1) is 12.2 Å². The van der Waals surface area contributed by atoms with Gasteiger partial charge in [0.1, 0.15) is 0 Å². The Morgan fingerprint density at radius 1 is 1.33 bits per heavy atom. The van der Waals surface area contributed by atoms with Crippen molar-refractivity contribution in [3.8, 4) is 0 Å². The van der Waals surface area contributed by atoms with E-state index in [4.69, 9.17) is 4.74 Å². The molecule has 2 atom stereocenters. The van der Waals surface area contributed by atoms with Crippen molar-refractivity contribution in [2.75, 3.05) is 0 Å². The van der Waals surface area contributed by atoms with E-state index in [2.05, 4.69) is 35.8 Å². The van der Waals surface area contributed by atoms with Crippen LogP contribution in [0.25, 0.3) is 0 Å². The smallest absolute Gasteiger partial charge is 0.220 e. The van der Waals surface area contributed by atoms with Gasteiger partial charge in [-0.1, -0.05) is 18.2 Å². The van der Waals surface area contributed by atoms with E-state index in [0.29, 0.717) is 19.1 Å². The fourth-order valence-corrected chi connectivity index (χ4v) is 3.14. The zero-order valence-corrected chi connectivity index (χ0v) is 12.7. The van der Waals surface area contributed by atoms with Crippen LogP contribution >= 0.6 is 0 Å². The van der Waals surface area contributed by atoms with Gasteiger partial charge in [-0.15, -0.1) is 0 Å². The number of fused-ring (bicyclic) bond motifs is 1. The Morgan fingerprint density at radius 3 is 3.00 bits per heavy atom. The Morgan fingerprint density at radius 2 is 2.19 bits per heavy atom. The Labute approximate surface area is 126 Å². The van der Waals surface area contributed by atoms with Crippen molar-refractivity contribution < 1.29 is 9.53 Å². The summed E-state index contributed by atoms with van der Waals surface area (Å²) in [6, 6.07) is 6.45. The summed E-state index contributed by atoms with van der Waals surface area (Å²) in [6.07, 6.45) is 4.24. The Hall–Kier alpha value is -1.39. The van der Waals surface area contributed by atoms with E-state index < -0.39 is 0 Å². The summed E-state index contributed by atoms with van der Waals surface area (Å²) in [7, 11) is 0. The number of amides is 1. The molecule has 1 aromatic carbocycles. The van der Waals surface area contributed by atoms with Crippen molar-refractivity contribution in [2.45, 2.75) is 64.4 Å². The molecule has 1 aromatic rings. The molecule has 0 aromatic heterocycles. The molecule has 2 aliphatic rings. The summed E-state index contributed by atoms with van der Waals surface area (Å²) in [5, 5.41) is 6.34. The van der Waals surface area contributed by atoms with Crippen molar-refractivity contribution in [2.24, 2.45) is 0 Å². The molecule has 0 spiro atoms. The molecule has 2 aliphatic heterocycles. The average molecular weight is 288 g/mol. The maximum absolute atomic E-state index is 11.9. The van der Waals surface area contributed by atoms with Gasteiger partial charge in [-0.25, -0.2) is 0 Å². The lowest BCUT2D eigenvalue weighted by Gasteiger charge is -2.11. The van der Waals surface area contributed by atoms with Crippen LogP contribution in [0.4, 0.5) is 0 Å². The van der Waals surface area contributed by atoms with Crippen LogP contribution < -0.4 is 10.6 Å². The topological polar surface area (TPSA) is 50.4 Å².